The summed E-state index contributed by atoms with van der Waals surface area (Å²) in [6.07, 6.45) is 4.97. The Hall–Kier alpha value is -2.22. The number of amides is 2. The van der Waals surface area contributed by atoms with Crippen molar-refractivity contribution in [1.29, 1.82) is 0 Å². The van der Waals surface area contributed by atoms with E-state index in [4.69, 9.17) is 4.42 Å². The van der Waals surface area contributed by atoms with Crippen molar-refractivity contribution in [2.45, 2.75) is 65.0 Å². The number of carbonyl (C=O) groups excluding carboxylic acids is 2. The predicted octanol–water partition coefficient (Wildman–Crippen LogP) is 3.73. The Kier molecular flexibility index (Phi) is 6.83. The Labute approximate surface area is 169 Å². The molecule has 1 saturated carbocycles. The molecule has 7 nitrogen and oxygen atoms in total. The molecule has 1 atom stereocenters. The standard InChI is InChI=1S/C20H28N4O3S/c1-13(2)10-11-24(20(26)16-12-28-23-22-16)18(17-9-8-14(3)27-17)19(25)21-15-6-4-5-7-15/h8-9,12-13,15,18H,4-7,10-11H2,1-3H3,(H,21,25). The van der Waals surface area contributed by atoms with Crippen molar-refractivity contribution in [1.82, 2.24) is 19.8 Å². The molecule has 0 aromatic carbocycles. The SMILES string of the molecule is Cc1ccc(C(C(=O)NC2CCCC2)N(CCC(C)C)C(=O)c2csnn2)o1. The summed E-state index contributed by atoms with van der Waals surface area (Å²) in [5.74, 6) is 1.09. The normalized spacial score (nSPS) is 15.7. The molecule has 0 radical (unpaired) electrons. The van der Waals surface area contributed by atoms with Gasteiger partial charge in [-0.25, -0.2) is 0 Å². The van der Waals surface area contributed by atoms with Gasteiger partial charge in [0.25, 0.3) is 11.8 Å². The van der Waals surface area contributed by atoms with Gasteiger partial charge in [0.1, 0.15) is 11.5 Å². The van der Waals surface area contributed by atoms with Crippen molar-refractivity contribution in [2.75, 3.05) is 6.54 Å². The largest absolute Gasteiger partial charge is 0.464 e. The van der Waals surface area contributed by atoms with E-state index in [2.05, 4.69) is 28.8 Å². The summed E-state index contributed by atoms with van der Waals surface area (Å²) >= 11 is 1.12. The lowest BCUT2D eigenvalue weighted by Crippen LogP contribution is -2.46. The lowest BCUT2D eigenvalue weighted by molar-refractivity contribution is -0.127. The topological polar surface area (TPSA) is 88.3 Å². The zero-order valence-electron chi connectivity index (χ0n) is 16.7. The summed E-state index contributed by atoms with van der Waals surface area (Å²) in [4.78, 5) is 28.0. The lowest BCUT2D eigenvalue weighted by Gasteiger charge is -2.30. The maximum atomic E-state index is 13.3. The minimum absolute atomic E-state index is 0.161. The van der Waals surface area contributed by atoms with Crippen LogP contribution in [0.4, 0.5) is 0 Å². The van der Waals surface area contributed by atoms with Crippen molar-refractivity contribution in [3.63, 3.8) is 0 Å². The molecule has 1 fully saturated rings. The Bertz CT molecular complexity index is 781. The van der Waals surface area contributed by atoms with Crippen LogP contribution < -0.4 is 5.32 Å². The van der Waals surface area contributed by atoms with Gasteiger partial charge in [0.15, 0.2) is 11.7 Å². The third-order valence-electron chi connectivity index (χ3n) is 5.08. The molecule has 152 valence electrons. The van der Waals surface area contributed by atoms with Crippen molar-refractivity contribution < 1.29 is 14.0 Å². The summed E-state index contributed by atoms with van der Waals surface area (Å²) in [7, 11) is 0. The molecule has 0 spiro atoms. The number of aromatic nitrogens is 2. The molecule has 1 aliphatic carbocycles. The summed E-state index contributed by atoms with van der Waals surface area (Å²) in [6.45, 7) is 6.46. The van der Waals surface area contributed by atoms with E-state index >= 15 is 0 Å². The maximum absolute atomic E-state index is 13.3. The van der Waals surface area contributed by atoms with E-state index in [0.717, 1.165) is 43.6 Å². The molecule has 0 aliphatic heterocycles. The smallest absolute Gasteiger partial charge is 0.276 e. The molecule has 2 aromatic heterocycles. The first-order chi connectivity index (χ1) is 13.5. The highest BCUT2D eigenvalue weighted by molar-refractivity contribution is 7.03. The first kappa shape index (κ1) is 20.5. The lowest BCUT2D eigenvalue weighted by atomic mass is 10.1. The molecule has 8 heteroatoms. The zero-order valence-corrected chi connectivity index (χ0v) is 17.5. The molecule has 3 rings (SSSR count). The molecular formula is C20H28N4O3S. The van der Waals surface area contributed by atoms with Crippen molar-refractivity contribution in [3.8, 4) is 0 Å². The van der Waals surface area contributed by atoms with Gasteiger partial charge in [-0.15, -0.1) is 5.10 Å². The number of hydrogen-bond donors (Lipinski definition) is 1. The number of carbonyl (C=O) groups is 2. The third kappa shape index (κ3) is 4.98. The van der Waals surface area contributed by atoms with Crippen LogP contribution in [0.15, 0.2) is 21.9 Å². The minimum Gasteiger partial charge on any atom is -0.464 e. The van der Waals surface area contributed by atoms with Gasteiger partial charge >= 0.3 is 0 Å². The van der Waals surface area contributed by atoms with Crippen LogP contribution in [-0.2, 0) is 4.79 Å². The summed E-state index contributed by atoms with van der Waals surface area (Å²) in [5.41, 5.74) is 0.260. The van der Waals surface area contributed by atoms with Crippen LogP contribution >= 0.6 is 11.5 Å². The Morgan fingerprint density at radius 3 is 2.64 bits per heavy atom. The van der Waals surface area contributed by atoms with Crippen LogP contribution in [0, 0.1) is 12.8 Å². The second-order valence-corrected chi connectivity index (χ2v) is 8.42. The molecule has 28 heavy (non-hydrogen) atoms. The number of hydrogen-bond acceptors (Lipinski definition) is 6. The van der Waals surface area contributed by atoms with E-state index in [9.17, 15) is 9.59 Å². The summed E-state index contributed by atoms with van der Waals surface area (Å²) in [6, 6.07) is 2.94. The van der Waals surface area contributed by atoms with Crippen LogP contribution in [0.25, 0.3) is 0 Å². The number of nitrogens with zero attached hydrogens (tertiary/aromatic N) is 3. The molecule has 0 saturated heterocycles. The van der Waals surface area contributed by atoms with Crippen LogP contribution in [0.2, 0.25) is 0 Å². The van der Waals surface area contributed by atoms with E-state index in [1.807, 2.05) is 13.0 Å². The van der Waals surface area contributed by atoms with Gasteiger partial charge in [0.2, 0.25) is 0 Å². The second-order valence-electron chi connectivity index (χ2n) is 7.81. The van der Waals surface area contributed by atoms with Gasteiger partial charge in [-0.1, -0.05) is 31.2 Å². The van der Waals surface area contributed by atoms with Gasteiger partial charge in [0.05, 0.1) is 0 Å². The van der Waals surface area contributed by atoms with E-state index in [0.29, 0.717) is 24.0 Å². The minimum atomic E-state index is -0.817. The summed E-state index contributed by atoms with van der Waals surface area (Å²) in [5, 5.41) is 8.67. The van der Waals surface area contributed by atoms with E-state index in [1.54, 1.807) is 16.3 Å². The third-order valence-corrected chi connectivity index (χ3v) is 5.58. The Morgan fingerprint density at radius 2 is 2.07 bits per heavy atom. The zero-order chi connectivity index (χ0) is 20.1. The fourth-order valence-corrected chi connectivity index (χ4v) is 3.96. The Balaban J connectivity index is 1.91. The fourth-order valence-electron chi connectivity index (χ4n) is 3.53. The Morgan fingerprint density at radius 1 is 1.32 bits per heavy atom. The number of rotatable bonds is 8. The number of nitrogens with one attached hydrogen (secondary N) is 1. The van der Waals surface area contributed by atoms with Gasteiger partial charge in [-0.3, -0.25) is 9.59 Å². The average molecular weight is 405 g/mol. The highest BCUT2D eigenvalue weighted by Gasteiger charge is 2.36. The van der Waals surface area contributed by atoms with Crippen LogP contribution in [0.1, 0.15) is 74.0 Å². The highest BCUT2D eigenvalue weighted by Crippen LogP contribution is 2.27. The molecule has 1 N–H and O–H groups in total. The molecule has 2 amide bonds. The molecular weight excluding hydrogens is 376 g/mol. The quantitative estimate of drug-likeness (QED) is 0.724. The van der Waals surface area contributed by atoms with Crippen molar-refractivity contribution in [3.05, 3.63) is 34.7 Å². The second kappa shape index (κ2) is 9.32. The first-order valence-corrected chi connectivity index (χ1v) is 10.7. The molecule has 2 heterocycles. The maximum Gasteiger partial charge on any atom is 0.276 e. The van der Waals surface area contributed by atoms with Gasteiger partial charge in [-0.05, 0) is 55.8 Å². The summed E-state index contributed by atoms with van der Waals surface area (Å²) < 4.78 is 9.60. The number of furan rings is 1. The highest BCUT2D eigenvalue weighted by atomic mass is 32.1. The first-order valence-electron chi connectivity index (χ1n) is 9.90. The number of aryl methyl sites for hydroxylation is 1. The molecule has 1 aliphatic rings. The van der Waals surface area contributed by atoms with Gasteiger partial charge < -0.3 is 14.6 Å². The molecule has 2 aromatic rings. The average Bonchev–Trinajstić information content (AvgIpc) is 3.40. The molecule has 1 unspecified atom stereocenters. The van der Waals surface area contributed by atoms with E-state index in [-0.39, 0.29) is 23.6 Å². The van der Waals surface area contributed by atoms with Gasteiger partial charge in [-0.2, -0.15) is 0 Å². The van der Waals surface area contributed by atoms with Crippen LogP contribution in [0.3, 0.4) is 0 Å². The van der Waals surface area contributed by atoms with Crippen molar-refractivity contribution in [2.24, 2.45) is 5.92 Å². The fraction of sp³-hybridized carbons (Fsp3) is 0.600. The van der Waals surface area contributed by atoms with Gasteiger partial charge in [0, 0.05) is 18.0 Å². The van der Waals surface area contributed by atoms with Crippen molar-refractivity contribution >= 4 is 23.3 Å². The monoisotopic (exact) mass is 404 g/mol. The van der Waals surface area contributed by atoms with Crippen LogP contribution in [-0.4, -0.2) is 38.9 Å². The van der Waals surface area contributed by atoms with E-state index in [1.165, 1.54) is 0 Å². The predicted molar refractivity (Wildman–Crippen MR) is 107 cm³/mol. The molecule has 0 bridgehead atoms. The van der Waals surface area contributed by atoms with E-state index < -0.39 is 6.04 Å². The van der Waals surface area contributed by atoms with Crippen LogP contribution in [0.5, 0.6) is 0 Å².